The maximum Gasteiger partial charge on any atom is 0.304 e. The molecule has 0 bridgehead atoms. The van der Waals surface area contributed by atoms with E-state index in [0.717, 1.165) is 18.1 Å². The van der Waals surface area contributed by atoms with Gasteiger partial charge >= 0.3 is 5.97 Å². The molecule has 1 fully saturated rings. The van der Waals surface area contributed by atoms with Gasteiger partial charge in [0.2, 0.25) is 0 Å². The molecule has 0 aliphatic carbocycles. The van der Waals surface area contributed by atoms with Gasteiger partial charge in [0, 0.05) is 30.6 Å². The minimum atomic E-state index is -3.05. The molecule has 0 aromatic carbocycles. The Labute approximate surface area is 113 Å². The number of hydrogen-bond acceptors (Lipinski definition) is 5. The second-order valence-corrected chi connectivity index (χ2v) is 8.60. The highest BCUT2D eigenvalue weighted by Crippen LogP contribution is 2.19. The topological polar surface area (TPSA) is 74.7 Å². The fraction of sp³-hybridized carbons (Fsp3) is 0.909. The Morgan fingerprint density at radius 2 is 2.17 bits per heavy atom. The van der Waals surface area contributed by atoms with Crippen LogP contribution in [0.2, 0.25) is 0 Å². The summed E-state index contributed by atoms with van der Waals surface area (Å²) in [5.74, 6) is 1.01. The maximum atomic E-state index is 11.8. The van der Waals surface area contributed by atoms with Crippen molar-refractivity contribution in [1.29, 1.82) is 0 Å². The van der Waals surface area contributed by atoms with Crippen molar-refractivity contribution in [3.63, 3.8) is 0 Å². The predicted molar refractivity (Wildman–Crippen MR) is 73.9 cm³/mol. The monoisotopic (exact) mass is 295 g/mol. The van der Waals surface area contributed by atoms with Gasteiger partial charge in [-0.2, -0.15) is 11.8 Å². The van der Waals surface area contributed by atoms with Gasteiger partial charge in [0.1, 0.15) is 0 Å². The molecule has 1 heterocycles. The van der Waals surface area contributed by atoms with E-state index in [1.54, 1.807) is 25.6 Å². The van der Waals surface area contributed by atoms with Gasteiger partial charge in [0.05, 0.1) is 17.4 Å². The normalized spacial score (nSPS) is 22.3. The van der Waals surface area contributed by atoms with Crippen LogP contribution in [0.25, 0.3) is 0 Å². The number of rotatable bonds is 6. The molecule has 0 aromatic heterocycles. The first-order chi connectivity index (χ1) is 8.33. The average molecular weight is 295 g/mol. The molecule has 1 aliphatic heterocycles. The van der Waals surface area contributed by atoms with Crippen molar-refractivity contribution in [3.05, 3.63) is 0 Å². The molecule has 0 amide bonds. The van der Waals surface area contributed by atoms with Crippen LogP contribution < -0.4 is 0 Å². The van der Waals surface area contributed by atoms with Crippen molar-refractivity contribution in [1.82, 2.24) is 4.90 Å². The Hall–Kier alpha value is -0.270. The highest BCUT2D eigenvalue weighted by atomic mass is 32.2. The van der Waals surface area contributed by atoms with Crippen LogP contribution in [0.3, 0.4) is 0 Å². The molecule has 0 aromatic rings. The molecule has 1 aliphatic rings. The molecule has 1 rings (SSSR count). The summed E-state index contributed by atoms with van der Waals surface area (Å²) in [4.78, 5) is 12.8. The fourth-order valence-corrected chi connectivity index (χ4v) is 3.94. The highest BCUT2D eigenvalue weighted by Gasteiger charge is 2.26. The molecule has 0 spiro atoms. The molecule has 1 unspecified atom stereocenters. The number of carboxylic acid groups (broad SMARTS) is 1. The van der Waals surface area contributed by atoms with E-state index < -0.39 is 15.8 Å². The SMILES string of the molecule is CC(C)S(=O)(=O)CCN1CCSCC1CC(=O)O. The number of thioether (sulfide) groups is 1. The van der Waals surface area contributed by atoms with Gasteiger partial charge < -0.3 is 5.11 Å². The molecule has 1 atom stereocenters. The van der Waals surface area contributed by atoms with Gasteiger partial charge in [-0.05, 0) is 13.8 Å². The lowest BCUT2D eigenvalue weighted by molar-refractivity contribution is -0.138. The molecule has 1 N–H and O–H groups in total. The van der Waals surface area contributed by atoms with Gasteiger partial charge in [-0.1, -0.05) is 0 Å². The molecule has 0 saturated carbocycles. The zero-order valence-electron chi connectivity index (χ0n) is 10.8. The number of carbonyl (C=O) groups is 1. The van der Waals surface area contributed by atoms with Gasteiger partial charge in [0.15, 0.2) is 9.84 Å². The second kappa shape index (κ2) is 6.77. The standard InChI is InChI=1S/C11H21NO4S2/c1-9(2)18(15,16)6-4-12-3-5-17-8-10(12)7-11(13)14/h9-10H,3-8H2,1-2H3,(H,13,14). The Bertz CT molecular complexity index is 381. The van der Waals surface area contributed by atoms with Gasteiger partial charge in [-0.15, -0.1) is 0 Å². The summed E-state index contributed by atoms with van der Waals surface area (Å²) in [5.41, 5.74) is 0. The number of aliphatic carboxylic acids is 1. The van der Waals surface area contributed by atoms with Crippen molar-refractivity contribution < 1.29 is 18.3 Å². The predicted octanol–water partition coefficient (Wildman–Crippen LogP) is 0.702. The molecule has 7 heteroatoms. The van der Waals surface area contributed by atoms with Crippen LogP contribution in [0.5, 0.6) is 0 Å². The minimum absolute atomic E-state index is 0.0383. The Kier molecular flexibility index (Phi) is 5.94. The lowest BCUT2D eigenvalue weighted by Crippen LogP contribution is -2.46. The van der Waals surface area contributed by atoms with Crippen LogP contribution >= 0.6 is 11.8 Å². The Balaban J connectivity index is 2.55. The number of hydrogen-bond donors (Lipinski definition) is 1. The molecule has 5 nitrogen and oxygen atoms in total. The van der Waals surface area contributed by atoms with Crippen molar-refractivity contribution >= 4 is 27.6 Å². The lowest BCUT2D eigenvalue weighted by Gasteiger charge is -2.34. The van der Waals surface area contributed by atoms with Crippen LogP contribution in [-0.4, -0.2) is 66.0 Å². The summed E-state index contributed by atoms with van der Waals surface area (Å²) in [6.07, 6.45) is 0.0920. The average Bonchev–Trinajstić information content (AvgIpc) is 2.27. The first kappa shape index (κ1) is 15.8. The number of nitrogens with zero attached hydrogens (tertiary/aromatic N) is 1. The third kappa shape index (κ3) is 4.78. The van der Waals surface area contributed by atoms with Crippen LogP contribution in [0, 0.1) is 0 Å². The van der Waals surface area contributed by atoms with E-state index in [4.69, 9.17) is 5.11 Å². The van der Waals surface area contributed by atoms with Crippen molar-refractivity contribution in [2.24, 2.45) is 0 Å². The van der Waals surface area contributed by atoms with E-state index in [9.17, 15) is 13.2 Å². The van der Waals surface area contributed by atoms with Crippen molar-refractivity contribution in [3.8, 4) is 0 Å². The molecular formula is C11H21NO4S2. The van der Waals surface area contributed by atoms with Crippen molar-refractivity contribution in [2.75, 3.05) is 30.3 Å². The minimum Gasteiger partial charge on any atom is -0.481 e. The highest BCUT2D eigenvalue weighted by molar-refractivity contribution is 7.99. The van der Waals surface area contributed by atoms with E-state index in [2.05, 4.69) is 0 Å². The number of carboxylic acids is 1. The van der Waals surface area contributed by atoms with Gasteiger partial charge in [-0.25, -0.2) is 8.42 Å². The summed E-state index contributed by atoms with van der Waals surface area (Å²) >= 11 is 1.73. The molecule has 106 valence electrons. The molecule has 18 heavy (non-hydrogen) atoms. The quantitative estimate of drug-likeness (QED) is 0.777. The Morgan fingerprint density at radius 3 is 2.72 bits per heavy atom. The first-order valence-corrected chi connectivity index (χ1v) is 8.95. The summed E-state index contributed by atoms with van der Waals surface area (Å²) in [5, 5.41) is 8.48. The Morgan fingerprint density at radius 1 is 1.50 bits per heavy atom. The summed E-state index contributed by atoms with van der Waals surface area (Å²) in [7, 11) is -3.05. The van der Waals surface area contributed by atoms with E-state index in [-0.39, 0.29) is 23.5 Å². The third-order valence-corrected chi connectivity index (χ3v) is 6.42. The molecule has 0 radical (unpaired) electrons. The number of sulfone groups is 1. The van der Waals surface area contributed by atoms with E-state index in [1.807, 2.05) is 4.90 Å². The van der Waals surface area contributed by atoms with E-state index >= 15 is 0 Å². The van der Waals surface area contributed by atoms with Crippen LogP contribution in [-0.2, 0) is 14.6 Å². The van der Waals surface area contributed by atoms with E-state index in [1.165, 1.54) is 0 Å². The summed E-state index contributed by atoms with van der Waals surface area (Å²) in [6, 6.07) is -0.0383. The van der Waals surface area contributed by atoms with Crippen molar-refractivity contribution in [2.45, 2.75) is 31.6 Å². The van der Waals surface area contributed by atoms with Crippen LogP contribution in [0.1, 0.15) is 20.3 Å². The fourth-order valence-electron chi connectivity index (χ4n) is 1.85. The summed E-state index contributed by atoms with van der Waals surface area (Å²) in [6.45, 7) is 4.57. The summed E-state index contributed by atoms with van der Waals surface area (Å²) < 4.78 is 23.5. The van der Waals surface area contributed by atoms with E-state index in [0.29, 0.717) is 6.54 Å². The van der Waals surface area contributed by atoms with Gasteiger partial charge in [-0.3, -0.25) is 9.69 Å². The maximum absolute atomic E-state index is 11.8. The first-order valence-electron chi connectivity index (χ1n) is 6.08. The van der Waals surface area contributed by atoms with Crippen LogP contribution in [0.4, 0.5) is 0 Å². The van der Waals surface area contributed by atoms with Crippen LogP contribution in [0.15, 0.2) is 0 Å². The molecule has 1 saturated heterocycles. The smallest absolute Gasteiger partial charge is 0.304 e. The zero-order valence-corrected chi connectivity index (χ0v) is 12.5. The molecular weight excluding hydrogens is 274 g/mol. The largest absolute Gasteiger partial charge is 0.481 e. The second-order valence-electron chi connectivity index (χ2n) is 4.78. The lowest BCUT2D eigenvalue weighted by atomic mass is 10.2. The van der Waals surface area contributed by atoms with Gasteiger partial charge in [0.25, 0.3) is 0 Å². The zero-order chi connectivity index (χ0) is 13.8. The third-order valence-electron chi connectivity index (χ3n) is 3.14.